The largest absolute Gasteiger partial charge is 0.497 e. The molecule has 134 valence electrons. The SMILES string of the molecule is COc1ccc2sn3c4ccccc4c(CN4CCN(C)CC4)c3c2c1. The maximum atomic E-state index is 5.50. The average Bonchev–Trinajstić information content (AvgIpc) is 3.19. The van der Waals surface area contributed by atoms with E-state index in [-0.39, 0.29) is 0 Å². The lowest BCUT2D eigenvalue weighted by molar-refractivity contribution is 0.149. The highest BCUT2D eigenvalue weighted by molar-refractivity contribution is 7.14. The Bertz CT molecular complexity index is 1090. The van der Waals surface area contributed by atoms with Gasteiger partial charge in [-0.05, 0) is 31.3 Å². The van der Waals surface area contributed by atoms with Gasteiger partial charge in [0.25, 0.3) is 0 Å². The van der Waals surface area contributed by atoms with Gasteiger partial charge in [-0.1, -0.05) is 29.7 Å². The molecule has 1 aliphatic heterocycles. The molecule has 4 nitrogen and oxygen atoms in total. The number of methoxy groups -OCH3 is 1. The molecule has 0 saturated carbocycles. The van der Waals surface area contributed by atoms with Crippen molar-refractivity contribution in [2.24, 2.45) is 0 Å². The van der Waals surface area contributed by atoms with Crippen LogP contribution in [0.2, 0.25) is 0 Å². The second-order valence-corrected chi connectivity index (χ2v) is 8.16. The second kappa shape index (κ2) is 6.27. The average molecular weight is 366 g/mol. The van der Waals surface area contributed by atoms with Crippen molar-refractivity contribution >= 4 is 38.0 Å². The highest BCUT2D eigenvalue weighted by atomic mass is 32.1. The van der Waals surface area contributed by atoms with E-state index in [1.165, 1.54) is 32.1 Å². The molecule has 0 aliphatic carbocycles. The summed E-state index contributed by atoms with van der Waals surface area (Å²) >= 11 is 1.83. The molecular formula is C21H23N3OS. The molecule has 0 N–H and O–H groups in total. The Hall–Kier alpha value is -2.08. The third-order valence-corrected chi connectivity index (χ3v) is 6.66. The number of benzene rings is 2. The van der Waals surface area contributed by atoms with Crippen LogP contribution in [-0.4, -0.2) is 53.9 Å². The Kier molecular flexibility index (Phi) is 3.89. The molecule has 2 aromatic carbocycles. The lowest BCUT2D eigenvalue weighted by atomic mass is 10.1. The zero-order chi connectivity index (χ0) is 17.7. The first kappa shape index (κ1) is 16.1. The summed E-state index contributed by atoms with van der Waals surface area (Å²) in [6, 6.07) is 15.2. The summed E-state index contributed by atoms with van der Waals surface area (Å²) in [6.07, 6.45) is 0. The zero-order valence-corrected chi connectivity index (χ0v) is 16.1. The van der Waals surface area contributed by atoms with Crippen LogP contribution in [0.15, 0.2) is 42.5 Å². The number of rotatable bonds is 3. The second-order valence-electron chi connectivity index (χ2n) is 7.17. The minimum Gasteiger partial charge on any atom is -0.497 e. The number of nitrogens with zero attached hydrogens (tertiary/aromatic N) is 3. The van der Waals surface area contributed by atoms with Gasteiger partial charge in [-0.15, -0.1) is 0 Å². The van der Waals surface area contributed by atoms with Gasteiger partial charge in [0, 0.05) is 49.1 Å². The van der Waals surface area contributed by atoms with Gasteiger partial charge in [0.15, 0.2) is 0 Å². The Morgan fingerprint density at radius 1 is 1.00 bits per heavy atom. The molecule has 0 bridgehead atoms. The fourth-order valence-corrected chi connectivity index (χ4v) is 5.17. The van der Waals surface area contributed by atoms with E-state index in [1.807, 2.05) is 11.5 Å². The van der Waals surface area contributed by atoms with Gasteiger partial charge in [-0.2, -0.15) is 0 Å². The minimum atomic E-state index is 0.925. The Balaban J connectivity index is 1.72. The third-order valence-electron chi connectivity index (χ3n) is 5.55. The number of para-hydroxylation sites is 1. The van der Waals surface area contributed by atoms with E-state index in [4.69, 9.17) is 4.74 Å². The number of hydrogen-bond donors (Lipinski definition) is 0. The van der Waals surface area contributed by atoms with Crippen LogP contribution in [0.25, 0.3) is 26.5 Å². The summed E-state index contributed by atoms with van der Waals surface area (Å²) in [5.74, 6) is 0.925. The molecule has 2 aromatic heterocycles. The van der Waals surface area contributed by atoms with Crippen LogP contribution in [0.5, 0.6) is 5.75 Å². The van der Waals surface area contributed by atoms with Crippen LogP contribution >= 0.6 is 11.5 Å². The molecule has 1 saturated heterocycles. The summed E-state index contributed by atoms with van der Waals surface area (Å²) in [5, 5.41) is 2.68. The summed E-state index contributed by atoms with van der Waals surface area (Å²) in [5.41, 5.74) is 4.11. The number of piperazine rings is 1. The first-order valence-electron chi connectivity index (χ1n) is 9.14. The number of ether oxygens (including phenoxy) is 1. The fourth-order valence-electron chi connectivity index (χ4n) is 4.03. The van der Waals surface area contributed by atoms with E-state index < -0.39 is 0 Å². The van der Waals surface area contributed by atoms with Gasteiger partial charge in [0.05, 0.1) is 22.8 Å². The van der Waals surface area contributed by atoms with Gasteiger partial charge in [-0.25, -0.2) is 0 Å². The molecule has 26 heavy (non-hydrogen) atoms. The number of likely N-dealkylation sites (N-methyl/N-ethyl adjacent to an activating group) is 1. The number of aromatic nitrogens is 1. The van der Waals surface area contributed by atoms with Crippen molar-refractivity contribution in [3.63, 3.8) is 0 Å². The molecule has 5 rings (SSSR count). The van der Waals surface area contributed by atoms with E-state index in [1.54, 1.807) is 7.11 Å². The summed E-state index contributed by atoms with van der Waals surface area (Å²) in [6.45, 7) is 5.56. The molecular weight excluding hydrogens is 342 g/mol. The summed E-state index contributed by atoms with van der Waals surface area (Å²) < 4.78 is 9.21. The Labute approximate surface area is 157 Å². The van der Waals surface area contributed by atoms with Crippen LogP contribution in [0.4, 0.5) is 0 Å². The predicted molar refractivity (Wildman–Crippen MR) is 110 cm³/mol. The number of hydrogen-bond acceptors (Lipinski definition) is 4. The highest BCUT2D eigenvalue weighted by Crippen LogP contribution is 2.38. The molecule has 1 aliphatic rings. The van der Waals surface area contributed by atoms with Gasteiger partial charge in [-0.3, -0.25) is 8.69 Å². The van der Waals surface area contributed by atoms with Gasteiger partial charge < -0.3 is 9.64 Å². The molecule has 1 fully saturated rings. The van der Waals surface area contributed by atoms with Crippen molar-refractivity contribution in [2.45, 2.75) is 6.54 Å². The van der Waals surface area contributed by atoms with Crippen LogP contribution in [0.3, 0.4) is 0 Å². The quantitative estimate of drug-likeness (QED) is 0.546. The topological polar surface area (TPSA) is 20.1 Å². The van der Waals surface area contributed by atoms with Crippen LogP contribution < -0.4 is 4.74 Å². The molecule has 0 amide bonds. The normalized spacial score (nSPS) is 16.8. The van der Waals surface area contributed by atoms with Crippen molar-refractivity contribution in [3.05, 3.63) is 48.0 Å². The molecule has 0 spiro atoms. The Morgan fingerprint density at radius 3 is 2.62 bits per heavy atom. The molecule has 3 heterocycles. The monoisotopic (exact) mass is 365 g/mol. The van der Waals surface area contributed by atoms with Crippen molar-refractivity contribution in [3.8, 4) is 5.75 Å². The van der Waals surface area contributed by atoms with E-state index in [9.17, 15) is 0 Å². The molecule has 0 radical (unpaired) electrons. The molecule has 0 atom stereocenters. The van der Waals surface area contributed by atoms with Crippen LogP contribution in [0.1, 0.15) is 5.56 Å². The van der Waals surface area contributed by atoms with E-state index in [0.29, 0.717) is 0 Å². The highest BCUT2D eigenvalue weighted by Gasteiger charge is 2.21. The zero-order valence-electron chi connectivity index (χ0n) is 15.2. The predicted octanol–water partition coefficient (Wildman–Crippen LogP) is 4.06. The number of fused-ring (bicyclic) bond motifs is 5. The van der Waals surface area contributed by atoms with Crippen molar-refractivity contribution < 1.29 is 4.74 Å². The van der Waals surface area contributed by atoms with Crippen LogP contribution in [-0.2, 0) is 6.54 Å². The fraction of sp³-hybridized carbons (Fsp3) is 0.333. The van der Waals surface area contributed by atoms with E-state index in [0.717, 1.165) is 38.5 Å². The van der Waals surface area contributed by atoms with Crippen LogP contribution in [0, 0.1) is 0 Å². The molecule has 0 unspecified atom stereocenters. The van der Waals surface area contributed by atoms with E-state index in [2.05, 4.69) is 63.1 Å². The summed E-state index contributed by atoms with van der Waals surface area (Å²) in [7, 11) is 3.95. The Morgan fingerprint density at radius 2 is 1.81 bits per heavy atom. The maximum Gasteiger partial charge on any atom is 0.119 e. The van der Waals surface area contributed by atoms with E-state index >= 15 is 0 Å². The van der Waals surface area contributed by atoms with Crippen molar-refractivity contribution in [1.29, 1.82) is 0 Å². The lowest BCUT2D eigenvalue weighted by Crippen LogP contribution is -2.43. The lowest BCUT2D eigenvalue weighted by Gasteiger charge is -2.32. The van der Waals surface area contributed by atoms with Crippen molar-refractivity contribution in [1.82, 2.24) is 13.6 Å². The first-order valence-corrected chi connectivity index (χ1v) is 9.92. The smallest absolute Gasteiger partial charge is 0.119 e. The minimum absolute atomic E-state index is 0.925. The standard InChI is InChI=1S/C21H23N3OS/c1-22-9-11-23(12-10-22)14-18-16-5-3-4-6-19(16)24-21(18)17-13-15(25-2)7-8-20(17)26-24/h3-8,13H,9-12,14H2,1-2H3. The van der Waals surface area contributed by atoms with Gasteiger partial charge in [0.2, 0.25) is 0 Å². The molecule has 4 aromatic rings. The molecule has 5 heteroatoms. The van der Waals surface area contributed by atoms with Gasteiger partial charge >= 0.3 is 0 Å². The van der Waals surface area contributed by atoms with Crippen molar-refractivity contribution in [2.75, 3.05) is 40.3 Å². The van der Waals surface area contributed by atoms with Gasteiger partial charge in [0.1, 0.15) is 5.75 Å². The first-order chi connectivity index (χ1) is 12.7. The summed E-state index contributed by atoms with van der Waals surface area (Å²) in [4.78, 5) is 5.00. The third kappa shape index (κ3) is 2.50. The maximum absolute atomic E-state index is 5.50.